The topological polar surface area (TPSA) is 59.5 Å². The van der Waals surface area contributed by atoms with E-state index in [2.05, 4.69) is 28.0 Å². The zero-order valence-corrected chi connectivity index (χ0v) is 11.8. The van der Waals surface area contributed by atoms with Crippen molar-refractivity contribution < 1.29 is 0 Å². The van der Waals surface area contributed by atoms with Gasteiger partial charge in [0.05, 0.1) is 5.69 Å². The van der Waals surface area contributed by atoms with Gasteiger partial charge in [-0.05, 0) is 33.6 Å². The van der Waals surface area contributed by atoms with Crippen LogP contribution in [0.1, 0.15) is 29.8 Å². The largest absolute Gasteiger partial charge is 0.356 e. The van der Waals surface area contributed by atoms with E-state index in [1.165, 1.54) is 5.56 Å². The third-order valence-electron chi connectivity index (χ3n) is 4.03. The van der Waals surface area contributed by atoms with Gasteiger partial charge in [-0.3, -0.25) is 0 Å². The minimum Gasteiger partial charge on any atom is -0.356 e. The number of aryl methyl sites for hydroxylation is 3. The molecule has 3 heterocycles. The molecular formula is C14H21N5. The number of hydrogen-bond acceptors (Lipinski definition) is 4. The molecule has 0 atom stereocenters. The van der Waals surface area contributed by atoms with Gasteiger partial charge in [-0.2, -0.15) is 9.61 Å². The highest BCUT2D eigenvalue weighted by Crippen LogP contribution is 2.23. The first-order valence-electron chi connectivity index (χ1n) is 6.90. The SMILES string of the molecule is Cc1cc(N2CCC(N)CC2)n2nc(C)c(C)c2n1. The summed E-state index contributed by atoms with van der Waals surface area (Å²) in [7, 11) is 0. The van der Waals surface area contributed by atoms with Crippen molar-refractivity contribution in [1.29, 1.82) is 0 Å². The van der Waals surface area contributed by atoms with Crippen LogP contribution in [0.2, 0.25) is 0 Å². The lowest BCUT2D eigenvalue weighted by Crippen LogP contribution is -2.40. The van der Waals surface area contributed by atoms with Gasteiger partial charge in [-0.1, -0.05) is 0 Å². The molecule has 0 aromatic carbocycles. The first kappa shape index (κ1) is 12.4. The number of nitrogens with two attached hydrogens (primary N) is 1. The van der Waals surface area contributed by atoms with Crippen LogP contribution in [0.15, 0.2) is 6.07 Å². The summed E-state index contributed by atoms with van der Waals surface area (Å²) in [5, 5.41) is 4.63. The molecule has 0 saturated carbocycles. The summed E-state index contributed by atoms with van der Waals surface area (Å²) in [6.07, 6.45) is 2.09. The number of rotatable bonds is 1. The molecule has 2 N–H and O–H groups in total. The van der Waals surface area contributed by atoms with E-state index in [4.69, 9.17) is 5.73 Å². The number of anilines is 1. The Morgan fingerprint density at radius 3 is 2.58 bits per heavy atom. The van der Waals surface area contributed by atoms with Crippen molar-refractivity contribution in [2.75, 3.05) is 18.0 Å². The van der Waals surface area contributed by atoms with Gasteiger partial charge in [-0.15, -0.1) is 0 Å². The number of piperidine rings is 1. The highest BCUT2D eigenvalue weighted by atomic mass is 15.4. The van der Waals surface area contributed by atoms with E-state index in [0.717, 1.165) is 48.8 Å². The van der Waals surface area contributed by atoms with Gasteiger partial charge < -0.3 is 10.6 Å². The number of aromatic nitrogens is 3. The van der Waals surface area contributed by atoms with E-state index in [9.17, 15) is 0 Å². The zero-order chi connectivity index (χ0) is 13.6. The first-order chi connectivity index (χ1) is 9.06. The van der Waals surface area contributed by atoms with Crippen LogP contribution in [0.3, 0.4) is 0 Å². The summed E-state index contributed by atoms with van der Waals surface area (Å²) in [5.74, 6) is 1.14. The van der Waals surface area contributed by atoms with Gasteiger partial charge in [0.25, 0.3) is 0 Å². The lowest BCUT2D eigenvalue weighted by molar-refractivity contribution is 0.496. The molecule has 0 aliphatic carbocycles. The summed E-state index contributed by atoms with van der Waals surface area (Å²) >= 11 is 0. The lowest BCUT2D eigenvalue weighted by atomic mass is 10.1. The highest BCUT2D eigenvalue weighted by molar-refractivity contribution is 5.57. The monoisotopic (exact) mass is 259 g/mol. The Hall–Kier alpha value is -1.62. The molecule has 1 saturated heterocycles. The number of nitrogens with zero attached hydrogens (tertiary/aromatic N) is 4. The minimum absolute atomic E-state index is 0.343. The third-order valence-corrected chi connectivity index (χ3v) is 4.03. The van der Waals surface area contributed by atoms with Crippen molar-refractivity contribution in [3.63, 3.8) is 0 Å². The second kappa shape index (κ2) is 4.49. The van der Waals surface area contributed by atoms with Crippen molar-refractivity contribution >= 4 is 11.5 Å². The summed E-state index contributed by atoms with van der Waals surface area (Å²) in [5.41, 5.74) is 10.2. The molecule has 3 rings (SSSR count). The molecule has 5 nitrogen and oxygen atoms in total. The smallest absolute Gasteiger partial charge is 0.160 e. The molecule has 1 fully saturated rings. The molecule has 1 aliphatic heterocycles. The molecule has 2 aromatic rings. The van der Waals surface area contributed by atoms with Crippen molar-refractivity contribution in [3.8, 4) is 0 Å². The predicted octanol–water partition coefficient (Wildman–Crippen LogP) is 1.58. The van der Waals surface area contributed by atoms with Crippen molar-refractivity contribution in [2.45, 2.75) is 39.7 Å². The van der Waals surface area contributed by atoms with Gasteiger partial charge in [-0.25, -0.2) is 4.98 Å². The molecule has 0 spiro atoms. The van der Waals surface area contributed by atoms with Crippen molar-refractivity contribution in [3.05, 3.63) is 23.0 Å². The van der Waals surface area contributed by atoms with E-state index in [1.54, 1.807) is 0 Å². The highest BCUT2D eigenvalue weighted by Gasteiger charge is 2.20. The predicted molar refractivity (Wildman–Crippen MR) is 76.6 cm³/mol. The van der Waals surface area contributed by atoms with Crippen LogP contribution in [0.4, 0.5) is 5.82 Å². The molecule has 0 radical (unpaired) electrons. The molecule has 1 aliphatic rings. The molecular weight excluding hydrogens is 238 g/mol. The first-order valence-corrected chi connectivity index (χ1v) is 6.90. The van der Waals surface area contributed by atoms with Gasteiger partial charge in [0.15, 0.2) is 5.65 Å². The van der Waals surface area contributed by atoms with Crippen LogP contribution in [0.25, 0.3) is 5.65 Å². The molecule has 0 amide bonds. The summed E-state index contributed by atoms with van der Waals surface area (Å²) < 4.78 is 1.98. The summed E-state index contributed by atoms with van der Waals surface area (Å²) in [6, 6.07) is 2.46. The van der Waals surface area contributed by atoms with Gasteiger partial charge in [0.2, 0.25) is 0 Å². The second-order valence-electron chi connectivity index (χ2n) is 5.53. The summed E-state index contributed by atoms with van der Waals surface area (Å²) in [6.45, 7) is 8.16. The maximum absolute atomic E-state index is 5.98. The van der Waals surface area contributed by atoms with Crippen molar-refractivity contribution in [1.82, 2.24) is 14.6 Å². The maximum Gasteiger partial charge on any atom is 0.160 e. The van der Waals surface area contributed by atoms with E-state index in [1.807, 2.05) is 18.4 Å². The van der Waals surface area contributed by atoms with E-state index in [-0.39, 0.29) is 0 Å². The van der Waals surface area contributed by atoms with Crippen LogP contribution in [0.5, 0.6) is 0 Å². The molecule has 0 unspecified atom stereocenters. The maximum atomic E-state index is 5.98. The molecule has 2 aromatic heterocycles. The van der Waals surface area contributed by atoms with E-state index in [0.29, 0.717) is 6.04 Å². The fourth-order valence-electron chi connectivity index (χ4n) is 2.69. The standard InChI is InChI=1S/C14H21N5/c1-9-8-13(18-6-4-12(15)5-7-18)19-14(16-9)10(2)11(3)17-19/h8,12H,4-7,15H2,1-3H3. The molecule has 19 heavy (non-hydrogen) atoms. The minimum atomic E-state index is 0.343. The average Bonchev–Trinajstić information content (AvgIpc) is 2.66. The fourth-order valence-corrected chi connectivity index (χ4v) is 2.69. The summed E-state index contributed by atoms with van der Waals surface area (Å²) in [4.78, 5) is 6.99. The Bertz CT molecular complexity index is 608. The lowest BCUT2D eigenvalue weighted by Gasteiger charge is -2.32. The van der Waals surface area contributed by atoms with Gasteiger partial charge in [0, 0.05) is 36.5 Å². The Morgan fingerprint density at radius 1 is 1.21 bits per heavy atom. The number of fused-ring (bicyclic) bond motifs is 1. The Labute approximate surface area is 113 Å². The Kier molecular flexibility index (Phi) is 2.93. The molecule has 102 valence electrons. The van der Waals surface area contributed by atoms with Crippen LogP contribution < -0.4 is 10.6 Å². The van der Waals surface area contributed by atoms with Crippen LogP contribution in [-0.2, 0) is 0 Å². The van der Waals surface area contributed by atoms with E-state index < -0.39 is 0 Å². The van der Waals surface area contributed by atoms with Gasteiger partial charge in [0.1, 0.15) is 5.82 Å². The van der Waals surface area contributed by atoms with Crippen LogP contribution >= 0.6 is 0 Å². The molecule has 5 heteroatoms. The van der Waals surface area contributed by atoms with E-state index >= 15 is 0 Å². The Balaban J connectivity index is 2.10. The third kappa shape index (κ3) is 2.08. The fraction of sp³-hybridized carbons (Fsp3) is 0.571. The zero-order valence-electron chi connectivity index (χ0n) is 11.8. The van der Waals surface area contributed by atoms with Crippen LogP contribution in [-0.4, -0.2) is 33.7 Å². The molecule has 0 bridgehead atoms. The normalized spacial score (nSPS) is 17.4. The van der Waals surface area contributed by atoms with Gasteiger partial charge >= 0.3 is 0 Å². The Morgan fingerprint density at radius 2 is 1.89 bits per heavy atom. The number of hydrogen-bond donors (Lipinski definition) is 1. The quantitative estimate of drug-likeness (QED) is 0.844. The van der Waals surface area contributed by atoms with Crippen molar-refractivity contribution in [2.24, 2.45) is 5.73 Å². The second-order valence-corrected chi connectivity index (χ2v) is 5.53. The average molecular weight is 259 g/mol. The van der Waals surface area contributed by atoms with Crippen LogP contribution in [0, 0.1) is 20.8 Å².